The number of hydrogen-bond acceptors (Lipinski definition) is 6. The maximum atomic E-state index is 15.3. The summed E-state index contributed by atoms with van der Waals surface area (Å²) in [6.07, 6.45) is 23.4. The lowest BCUT2D eigenvalue weighted by molar-refractivity contribution is -0.143. The van der Waals surface area contributed by atoms with Crippen molar-refractivity contribution < 1.29 is 47.6 Å². The van der Waals surface area contributed by atoms with Gasteiger partial charge in [0, 0.05) is 36.1 Å². The molecule has 12 heteroatoms. The molecule has 2 aliphatic heterocycles. The predicted molar refractivity (Wildman–Crippen MR) is 257 cm³/mol. The van der Waals surface area contributed by atoms with Gasteiger partial charge in [-0.15, -0.1) is 0 Å². The minimum Gasteiger partial charge on any atom is -0.493 e. The fourth-order valence-corrected chi connectivity index (χ4v) is 16.0. The monoisotopic (exact) mass is 955 g/mol. The zero-order valence-corrected chi connectivity index (χ0v) is 41.3. The molecule has 2 N–H and O–H groups in total. The van der Waals surface area contributed by atoms with E-state index in [-0.39, 0.29) is 27.9 Å². The molecule has 12 fully saturated rings. The number of rotatable bonds is 13. The van der Waals surface area contributed by atoms with Crippen LogP contribution in [0.15, 0.2) is 24.3 Å². The van der Waals surface area contributed by atoms with Gasteiger partial charge in [-0.1, -0.05) is 33.6 Å². The fraction of sp³-hybridized carbons (Fsp3) is 0.719. The number of carbonyl (C=O) groups is 4. The van der Waals surface area contributed by atoms with E-state index in [0.29, 0.717) is 75.3 Å². The highest BCUT2D eigenvalue weighted by molar-refractivity contribution is 5.98. The van der Waals surface area contributed by atoms with Gasteiger partial charge >= 0.3 is 11.9 Å². The lowest BCUT2D eigenvalue weighted by Gasteiger charge is -2.56. The van der Waals surface area contributed by atoms with Crippen LogP contribution < -0.4 is 9.47 Å². The number of carbonyl (C=O) groups excluding carboxylic acids is 2. The Bertz CT molecular complexity index is 2220. The zero-order chi connectivity index (χ0) is 48.4. The van der Waals surface area contributed by atoms with Gasteiger partial charge in [0.05, 0.1) is 24.3 Å². The zero-order valence-electron chi connectivity index (χ0n) is 41.3. The fourth-order valence-electron chi connectivity index (χ4n) is 16.0. The molecule has 3 atom stereocenters. The van der Waals surface area contributed by atoms with Crippen molar-refractivity contribution in [2.75, 3.05) is 26.3 Å². The van der Waals surface area contributed by atoms with Gasteiger partial charge in [-0.3, -0.25) is 9.59 Å². The van der Waals surface area contributed by atoms with E-state index in [1.807, 2.05) is 6.92 Å². The third kappa shape index (κ3) is 9.90. The lowest BCUT2D eigenvalue weighted by Crippen LogP contribution is -2.48. The van der Waals surface area contributed by atoms with Gasteiger partial charge in [0.2, 0.25) is 0 Å². The van der Waals surface area contributed by atoms with Gasteiger partial charge in [0.15, 0.2) is 0 Å². The van der Waals surface area contributed by atoms with Crippen LogP contribution in [-0.2, 0) is 9.59 Å². The van der Waals surface area contributed by atoms with Gasteiger partial charge in [0.25, 0.3) is 11.8 Å². The topological polar surface area (TPSA) is 134 Å². The summed E-state index contributed by atoms with van der Waals surface area (Å²) >= 11 is 0. The maximum absolute atomic E-state index is 15.3. The normalized spacial score (nSPS) is 34.5. The minimum absolute atomic E-state index is 0.00735. The summed E-state index contributed by atoms with van der Waals surface area (Å²) in [5, 5.41) is 19.2. The summed E-state index contributed by atoms with van der Waals surface area (Å²) < 4.78 is 43.3. The Morgan fingerprint density at radius 3 is 1.35 bits per heavy atom. The number of carboxylic acids is 2. The van der Waals surface area contributed by atoms with Crippen LogP contribution >= 0.6 is 0 Å². The second kappa shape index (κ2) is 19.4. The van der Waals surface area contributed by atoms with Gasteiger partial charge in [-0.2, -0.15) is 0 Å². The van der Waals surface area contributed by atoms with Crippen molar-refractivity contribution in [2.24, 2.45) is 52.3 Å². The second-order valence-electron chi connectivity index (χ2n) is 24.1. The molecule has 14 rings (SSSR count). The summed E-state index contributed by atoms with van der Waals surface area (Å²) in [4.78, 5) is 52.4. The van der Waals surface area contributed by atoms with E-state index in [4.69, 9.17) is 9.47 Å². The largest absolute Gasteiger partial charge is 0.493 e. The third-order valence-corrected chi connectivity index (χ3v) is 18.5. The first kappa shape index (κ1) is 48.4. The summed E-state index contributed by atoms with van der Waals surface area (Å²) in [6, 6.07) is 4.38. The van der Waals surface area contributed by atoms with E-state index in [2.05, 4.69) is 13.8 Å². The molecular formula is C57H76F2N2O8. The molecular weight excluding hydrogens is 879 g/mol. The number of likely N-dealkylation sites (tertiary alicyclic amines) is 2. The molecule has 10 aliphatic carbocycles. The van der Waals surface area contributed by atoms with Crippen molar-refractivity contribution in [3.63, 3.8) is 0 Å². The van der Waals surface area contributed by atoms with Crippen LogP contribution in [0.2, 0.25) is 0 Å². The highest BCUT2D eigenvalue weighted by atomic mass is 19.1. The number of aliphatic carboxylic acids is 2. The highest BCUT2D eigenvalue weighted by Gasteiger charge is 2.53. The summed E-state index contributed by atoms with van der Waals surface area (Å²) in [5.41, 5.74) is 2.30. The third-order valence-electron chi connectivity index (χ3n) is 18.5. The quantitative estimate of drug-likeness (QED) is 0.203. The Balaban J connectivity index is 0.000000152. The van der Waals surface area contributed by atoms with Crippen LogP contribution in [0.5, 0.6) is 11.5 Å². The Labute approximate surface area is 407 Å². The number of ether oxygens (including phenoxy) is 2. The Hall–Kier alpha value is -4.22. The summed E-state index contributed by atoms with van der Waals surface area (Å²) in [6.45, 7) is 8.20. The molecule has 8 bridgehead atoms. The molecule has 2 aromatic rings. The van der Waals surface area contributed by atoms with Crippen molar-refractivity contribution >= 4 is 23.8 Å². The van der Waals surface area contributed by atoms with Crippen molar-refractivity contribution in [1.29, 1.82) is 0 Å². The van der Waals surface area contributed by atoms with Crippen LogP contribution in [-0.4, -0.2) is 82.2 Å². The molecule has 2 saturated heterocycles. The highest BCUT2D eigenvalue weighted by Crippen LogP contribution is 2.62. The molecule has 69 heavy (non-hydrogen) atoms. The van der Waals surface area contributed by atoms with E-state index in [1.54, 1.807) is 12.1 Å². The van der Waals surface area contributed by atoms with Gasteiger partial charge < -0.3 is 29.5 Å². The van der Waals surface area contributed by atoms with Crippen LogP contribution in [0.3, 0.4) is 0 Å². The average Bonchev–Trinajstić information content (AvgIpc) is 4.23. The molecule has 0 radical (unpaired) electrons. The van der Waals surface area contributed by atoms with Crippen LogP contribution in [0, 0.1) is 63.9 Å². The van der Waals surface area contributed by atoms with Crippen molar-refractivity contribution in [3.05, 3.63) is 58.2 Å². The predicted octanol–water partition coefficient (Wildman–Crippen LogP) is 12.0. The number of nitrogens with zero attached hydrogens (tertiary/aromatic N) is 2. The summed E-state index contributed by atoms with van der Waals surface area (Å²) in [5.74, 6) is 2.50. The molecule has 0 unspecified atom stereocenters. The van der Waals surface area contributed by atoms with Gasteiger partial charge in [-0.05, 0) is 199 Å². The number of benzene rings is 2. The van der Waals surface area contributed by atoms with E-state index < -0.39 is 47.5 Å². The Morgan fingerprint density at radius 2 is 0.986 bits per heavy atom. The number of carboxylic acid groups (broad SMARTS) is 2. The first-order valence-electron chi connectivity index (χ1n) is 27.2. The average molecular weight is 955 g/mol. The summed E-state index contributed by atoms with van der Waals surface area (Å²) in [7, 11) is 0. The Morgan fingerprint density at radius 1 is 0.580 bits per heavy atom. The van der Waals surface area contributed by atoms with Crippen LogP contribution in [0.25, 0.3) is 0 Å². The maximum Gasteiger partial charge on any atom is 0.326 e. The first-order chi connectivity index (χ1) is 33.2. The molecule has 0 aromatic heterocycles. The number of halogens is 2. The molecule has 10 nitrogen and oxygen atoms in total. The molecule has 12 aliphatic rings. The molecule has 376 valence electrons. The van der Waals surface area contributed by atoms with Gasteiger partial charge in [-0.25, -0.2) is 18.4 Å². The van der Waals surface area contributed by atoms with Crippen molar-refractivity contribution in [3.8, 4) is 11.5 Å². The van der Waals surface area contributed by atoms with E-state index in [0.717, 1.165) is 72.3 Å². The van der Waals surface area contributed by atoms with E-state index in [9.17, 15) is 29.4 Å². The number of hydrogen-bond donors (Lipinski definition) is 2. The van der Waals surface area contributed by atoms with Gasteiger partial charge in [0.1, 0.15) is 35.2 Å². The Kier molecular flexibility index (Phi) is 13.6. The van der Waals surface area contributed by atoms with Crippen LogP contribution in [0.1, 0.15) is 199 Å². The molecule has 2 amide bonds. The molecule has 0 spiro atoms. The molecule has 2 heterocycles. The van der Waals surface area contributed by atoms with Crippen LogP contribution in [0.4, 0.5) is 8.78 Å². The minimum atomic E-state index is -1.02. The first-order valence-corrected chi connectivity index (χ1v) is 27.2. The smallest absolute Gasteiger partial charge is 0.326 e. The number of amides is 2. The molecule has 2 aromatic carbocycles. The standard InChI is InChI=1S/C28H36FNO4.C26H32FNO4.C3H8/c1-2-19-5-6-30(25(19)27(32)33)26(31)22-10-21(20-3-4-20)24(11-23(22)29)34-15-28-12-16-7-17(13-28)9-18(8-16)14-28;27-21-10-23(32-14-26-11-15-6-16(12-26)8-17(7-15)13-26)19(18-3-4-18)9-20(21)24(29)28-5-1-2-22(28)25(30)31;1-3-2/h10-11,16-20,25H,2-9,12-15H2,1H3,(H,32,33);9-10,15-18,22H,1-8,11-14H2,(H,30,31);3H2,1-2H3/t16?,17?,18?,19-,25-,28?;15?,16?,17?,22-,26?;/m10./s1. The molecule has 10 saturated carbocycles. The SMILES string of the molecule is CCC.CC[C@@H]1CCN(C(=O)c2cc(C3CC3)c(OCC34CC5CC(CC(C5)C3)C4)cc2F)[C@H]1C(=O)O.O=C(O)[C@@H]1CCCN1C(=O)c1cc(C2CC2)c(OCC23CC4CC(CC(C4)C2)C3)cc1F. The van der Waals surface area contributed by atoms with Crippen molar-refractivity contribution in [2.45, 2.75) is 180 Å². The van der Waals surface area contributed by atoms with E-state index in [1.165, 1.54) is 105 Å². The second-order valence-corrected chi connectivity index (χ2v) is 24.1. The van der Waals surface area contributed by atoms with Crippen molar-refractivity contribution in [1.82, 2.24) is 9.80 Å². The van der Waals surface area contributed by atoms with E-state index >= 15 is 8.78 Å². The lowest BCUT2D eigenvalue weighted by atomic mass is 9.50.